The number of esters is 2. The van der Waals surface area contributed by atoms with Crippen molar-refractivity contribution in [1.29, 1.82) is 0 Å². The van der Waals surface area contributed by atoms with Gasteiger partial charge in [-0.05, 0) is 5.56 Å². The summed E-state index contributed by atoms with van der Waals surface area (Å²) in [5.41, 5.74) is 1.17. The Bertz CT molecular complexity index is 385. The number of carbonyl (C=O) groups excluding carboxylic acids is 2. The molecule has 0 N–H and O–H groups in total. The number of carbonyl (C=O) groups is 2. The van der Waals surface area contributed by atoms with Gasteiger partial charge >= 0.3 is 41.5 Å². The summed E-state index contributed by atoms with van der Waals surface area (Å²) in [4.78, 5) is 19.8. The molecule has 1 aromatic rings. The molecule has 1 heterocycles. The molecule has 0 fully saturated rings. The van der Waals surface area contributed by atoms with Crippen molar-refractivity contribution < 1.29 is 45.3 Å². The van der Waals surface area contributed by atoms with Crippen LogP contribution in [0, 0.1) is 0 Å². The molecule has 4 heteroatoms. The maximum atomic E-state index is 9.92. The van der Waals surface area contributed by atoms with E-state index in [2.05, 4.69) is 11.3 Å². The molecule has 78 valence electrons. The number of rotatable bonds is 1. The van der Waals surface area contributed by atoms with Crippen LogP contribution in [0.3, 0.4) is 0 Å². The van der Waals surface area contributed by atoms with E-state index in [1.165, 1.54) is 5.56 Å². The third kappa shape index (κ3) is 5.66. The van der Waals surface area contributed by atoms with Crippen LogP contribution in [0.25, 0.3) is 6.08 Å². The molecule has 16 heavy (non-hydrogen) atoms. The second-order valence-electron chi connectivity index (χ2n) is 2.69. The Kier molecular flexibility index (Phi) is 7.46. The standard InChI is InChI=1S/C8H8.C4H2O3.Na.H/c1-2-8-6-4-3-5-7-8;5-3-1-2-4(6)7-3;;/h2-7H,1H2;1-2H;;/q;;+1;-1. The number of hydrogen-bond donors (Lipinski definition) is 0. The number of benzene rings is 1. The van der Waals surface area contributed by atoms with Gasteiger partial charge in [0, 0.05) is 12.2 Å². The molecular weight excluding hydrogens is 215 g/mol. The fourth-order valence-electron chi connectivity index (χ4n) is 0.892. The number of hydrogen-bond acceptors (Lipinski definition) is 3. The summed E-state index contributed by atoms with van der Waals surface area (Å²) >= 11 is 0. The Hall–Kier alpha value is -1.16. The van der Waals surface area contributed by atoms with E-state index in [0.29, 0.717) is 0 Å². The van der Waals surface area contributed by atoms with Crippen molar-refractivity contribution in [3.63, 3.8) is 0 Å². The Morgan fingerprint density at radius 1 is 1.06 bits per heavy atom. The van der Waals surface area contributed by atoms with Crippen LogP contribution in [0.5, 0.6) is 0 Å². The van der Waals surface area contributed by atoms with Crippen LogP contribution in [0.2, 0.25) is 0 Å². The van der Waals surface area contributed by atoms with Crippen molar-refractivity contribution in [2.45, 2.75) is 0 Å². The van der Waals surface area contributed by atoms with Gasteiger partial charge in [-0.25, -0.2) is 9.59 Å². The zero-order valence-electron chi connectivity index (χ0n) is 10.1. The molecule has 0 amide bonds. The molecule has 0 atom stereocenters. The number of cyclic esters (lactones) is 2. The Balaban J connectivity index is 0. The fraction of sp³-hybridized carbons (Fsp3) is 0. The summed E-state index contributed by atoms with van der Waals surface area (Å²) < 4.78 is 3.97. The van der Waals surface area contributed by atoms with Crippen molar-refractivity contribution in [2.24, 2.45) is 0 Å². The number of ether oxygens (including phenoxy) is 1. The van der Waals surface area contributed by atoms with Gasteiger partial charge in [0.1, 0.15) is 0 Å². The smallest absolute Gasteiger partial charge is 1.00 e. The van der Waals surface area contributed by atoms with E-state index in [0.717, 1.165) is 12.2 Å². The zero-order valence-corrected chi connectivity index (χ0v) is 11.1. The van der Waals surface area contributed by atoms with E-state index in [1.807, 2.05) is 36.4 Å². The van der Waals surface area contributed by atoms with E-state index >= 15 is 0 Å². The van der Waals surface area contributed by atoms with Gasteiger partial charge in [0.25, 0.3) is 0 Å². The molecule has 0 radical (unpaired) electrons. The molecule has 1 aliphatic heterocycles. The SMILES string of the molecule is C=Cc1ccccc1.O=C1C=CC(=O)O1.[H-].[Na+]. The fourth-order valence-corrected chi connectivity index (χ4v) is 0.892. The largest absolute Gasteiger partial charge is 1.00 e. The van der Waals surface area contributed by atoms with Crippen molar-refractivity contribution in [1.82, 2.24) is 0 Å². The minimum absolute atomic E-state index is 0. The molecule has 3 nitrogen and oxygen atoms in total. The van der Waals surface area contributed by atoms with Gasteiger partial charge in [0.15, 0.2) is 0 Å². The van der Waals surface area contributed by atoms with E-state index in [9.17, 15) is 9.59 Å². The Morgan fingerprint density at radius 3 is 1.81 bits per heavy atom. The zero-order chi connectivity index (χ0) is 11.1. The Labute approximate surface area is 118 Å². The molecule has 0 unspecified atom stereocenters. The molecule has 0 saturated carbocycles. The average Bonchev–Trinajstić information content (AvgIpc) is 2.65. The van der Waals surface area contributed by atoms with Crippen LogP contribution in [0.15, 0.2) is 49.1 Å². The van der Waals surface area contributed by atoms with Gasteiger partial charge in [-0.3, -0.25) is 0 Å². The van der Waals surface area contributed by atoms with Gasteiger partial charge in [-0.2, -0.15) is 0 Å². The monoisotopic (exact) mass is 226 g/mol. The van der Waals surface area contributed by atoms with E-state index in [4.69, 9.17) is 0 Å². The first-order valence-electron chi connectivity index (χ1n) is 4.33. The molecule has 1 aromatic carbocycles. The summed E-state index contributed by atoms with van der Waals surface area (Å²) in [6.07, 6.45) is 4.00. The third-order valence-electron chi connectivity index (χ3n) is 1.59. The van der Waals surface area contributed by atoms with Gasteiger partial charge in [0.05, 0.1) is 0 Å². The molecule has 2 rings (SSSR count). The van der Waals surface area contributed by atoms with Crippen molar-refractivity contribution in [2.75, 3.05) is 0 Å². The average molecular weight is 226 g/mol. The van der Waals surface area contributed by atoms with Gasteiger partial charge in [0.2, 0.25) is 0 Å². The predicted octanol–water partition coefficient (Wildman–Crippen LogP) is -0.928. The van der Waals surface area contributed by atoms with Crippen LogP contribution < -0.4 is 29.6 Å². The quantitative estimate of drug-likeness (QED) is 0.353. The maximum absolute atomic E-state index is 9.92. The van der Waals surface area contributed by atoms with Crippen LogP contribution >= 0.6 is 0 Å². The minimum atomic E-state index is -0.579. The third-order valence-corrected chi connectivity index (χ3v) is 1.59. The van der Waals surface area contributed by atoms with E-state index < -0.39 is 11.9 Å². The second kappa shape index (κ2) is 8.05. The summed E-state index contributed by atoms with van der Waals surface area (Å²) in [6.45, 7) is 3.63. The summed E-state index contributed by atoms with van der Waals surface area (Å²) in [6, 6.07) is 10.0. The van der Waals surface area contributed by atoms with Crippen LogP contribution in [-0.4, -0.2) is 11.9 Å². The normalized spacial score (nSPS) is 12.0. The predicted molar refractivity (Wildman–Crippen MR) is 57.9 cm³/mol. The molecule has 0 aliphatic carbocycles. The van der Waals surface area contributed by atoms with Gasteiger partial charge in [-0.1, -0.05) is 43.0 Å². The first-order chi connectivity index (χ1) is 7.22. The summed E-state index contributed by atoms with van der Waals surface area (Å²) in [5.74, 6) is -1.16. The summed E-state index contributed by atoms with van der Waals surface area (Å²) in [5, 5.41) is 0. The molecule has 0 bridgehead atoms. The first-order valence-corrected chi connectivity index (χ1v) is 4.33. The van der Waals surface area contributed by atoms with Crippen molar-refractivity contribution in [3.05, 3.63) is 54.6 Å². The Morgan fingerprint density at radius 2 is 1.56 bits per heavy atom. The molecule has 0 saturated heterocycles. The van der Waals surface area contributed by atoms with Crippen LogP contribution in [0.1, 0.15) is 6.99 Å². The van der Waals surface area contributed by atoms with E-state index in [1.54, 1.807) is 0 Å². The molecule has 0 spiro atoms. The molecule has 0 aromatic heterocycles. The minimum Gasteiger partial charge on any atom is -1.00 e. The topological polar surface area (TPSA) is 43.4 Å². The van der Waals surface area contributed by atoms with Gasteiger partial charge in [-0.15, -0.1) is 0 Å². The maximum Gasteiger partial charge on any atom is 1.00 e. The second-order valence-corrected chi connectivity index (χ2v) is 2.69. The molecule has 1 aliphatic rings. The van der Waals surface area contributed by atoms with Crippen LogP contribution in [0.4, 0.5) is 0 Å². The summed E-state index contributed by atoms with van der Waals surface area (Å²) in [7, 11) is 0. The molecular formula is C12H11NaO3. The van der Waals surface area contributed by atoms with E-state index in [-0.39, 0.29) is 31.0 Å². The first kappa shape index (κ1) is 14.8. The van der Waals surface area contributed by atoms with Crippen molar-refractivity contribution >= 4 is 18.0 Å². The van der Waals surface area contributed by atoms with Gasteiger partial charge < -0.3 is 6.16 Å². The van der Waals surface area contributed by atoms with Crippen molar-refractivity contribution in [3.8, 4) is 0 Å². The van der Waals surface area contributed by atoms with Crippen LogP contribution in [-0.2, 0) is 14.3 Å².